The zero-order valence-electron chi connectivity index (χ0n) is 7.91. The van der Waals surface area contributed by atoms with Gasteiger partial charge in [-0.1, -0.05) is 32.9 Å². The Hall–Kier alpha value is -0.980. The number of allylic oxidation sites excluding steroid dienone is 5. The van der Waals surface area contributed by atoms with E-state index in [1.165, 1.54) is 5.57 Å². The Labute approximate surface area is 74.1 Å². The highest BCUT2D eigenvalue weighted by Crippen LogP contribution is 2.19. The summed E-state index contributed by atoms with van der Waals surface area (Å²) in [6.45, 7) is 6.39. The molecule has 0 aromatic heterocycles. The molecule has 0 aromatic carbocycles. The number of rotatable bonds is 1. The normalized spacial score (nSPS) is 23.5. The molecule has 1 aliphatic carbocycles. The summed E-state index contributed by atoms with van der Waals surface area (Å²) < 4.78 is 0. The van der Waals surface area contributed by atoms with E-state index in [-0.39, 0.29) is 0 Å². The lowest BCUT2D eigenvalue weighted by molar-refractivity contribution is 0.428. The topological polar surface area (TPSA) is 20.2 Å². The lowest BCUT2D eigenvalue weighted by atomic mass is 9.99. The van der Waals surface area contributed by atoms with Gasteiger partial charge in [-0.3, -0.25) is 0 Å². The molecule has 0 amide bonds. The Morgan fingerprint density at radius 1 is 1.25 bits per heavy atom. The highest BCUT2D eigenvalue weighted by atomic mass is 16.3. The van der Waals surface area contributed by atoms with E-state index in [1.807, 2.05) is 12.2 Å². The number of hydrogen-bond donors (Lipinski definition) is 1. The second-order valence-corrected chi connectivity index (χ2v) is 3.61. The van der Waals surface area contributed by atoms with Gasteiger partial charge in [0, 0.05) is 0 Å². The van der Waals surface area contributed by atoms with Crippen LogP contribution in [0.1, 0.15) is 20.8 Å². The minimum atomic E-state index is 0.331. The van der Waals surface area contributed by atoms with Gasteiger partial charge in [0.1, 0.15) is 5.76 Å². The van der Waals surface area contributed by atoms with E-state index in [4.69, 9.17) is 0 Å². The molecule has 0 heterocycles. The largest absolute Gasteiger partial charge is 0.508 e. The molecule has 66 valence electrons. The van der Waals surface area contributed by atoms with Crippen molar-refractivity contribution in [2.75, 3.05) is 0 Å². The summed E-state index contributed by atoms with van der Waals surface area (Å²) in [6.07, 6.45) is 7.78. The highest BCUT2D eigenvalue weighted by Gasteiger charge is 2.05. The molecule has 0 bridgehead atoms. The van der Waals surface area contributed by atoms with E-state index in [0.717, 1.165) is 0 Å². The molecule has 0 aromatic rings. The molecule has 1 rings (SSSR count). The van der Waals surface area contributed by atoms with Crippen molar-refractivity contribution in [1.29, 1.82) is 0 Å². The van der Waals surface area contributed by atoms with Crippen LogP contribution < -0.4 is 0 Å². The minimum absolute atomic E-state index is 0.331. The molecule has 12 heavy (non-hydrogen) atoms. The summed E-state index contributed by atoms with van der Waals surface area (Å²) >= 11 is 0. The fraction of sp³-hybridized carbons (Fsp3) is 0.455. The van der Waals surface area contributed by atoms with Crippen LogP contribution in [0.4, 0.5) is 0 Å². The lowest BCUT2D eigenvalue weighted by Gasteiger charge is -2.06. The van der Waals surface area contributed by atoms with E-state index >= 15 is 0 Å². The molecule has 1 atom stereocenters. The molecule has 1 aliphatic rings. The molecule has 0 radical (unpaired) electrons. The van der Waals surface area contributed by atoms with Crippen LogP contribution in [0.15, 0.2) is 35.6 Å². The Morgan fingerprint density at radius 3 is 2.50 bits per heavy atom. The van der Waals surface area contributed by atoms with Gasteiger partial charge in [-0.2, -0.15) is 0 Å². The Morgan fingerprint density at radius 2 is 1.92 bits per heavy atom. The van der Waals surface area contributed by atoms with E-state index in [1.54, 1.807) is 6.08 Å². The van der Waals surface area contributed by atoms with Crippen LogP contribution in [0.2, 0.25) is 0 Å². The summed E-state index contributed by atoms with van der Waals surface area (Å²) in [4.78, 5) is 0. The third kappa shape index (κ3) is 2.26. The first-order valence-electron chi connectivity index (χ1n) is 4.40. The molecular weight excluding hydrogens is 148 g/mol. The average Bonchev–Trinajstić information content (AvgIpc) is 2.11. The third-order valence-electron chi connectivity index (χ3n) is 2.00. The lowest BCUT2D eigenvalue weighted by Crippen LogP contribution is -1.92. The Kier molecular flexibility index (Phi) is 2.74. The van der Waals surface area contributed by atoms with Crippen molar-refractivity contribution in [3.8, 4) is 0 Å². The van der Waals surface area contributed by atoms with Gasteiger partial charge in [-0.25, -0.2) is 0 Å². The monoisotopic (exact) mass is 164 g/mol. The fourth-order valence-electron chi connectivity index (χ4n) is 1.30. The van der Waals surface area contributed by atoms with Gasteiger partial charge in [0.05, 0.1) is 0 Å². The molecule has 1 nitrogen and oxygen atoms in total. The molecule has 0 fully saturated rings. The van der Waals surface area contributed by atoms with E-state index in [0.29, 0.717) is 17.6 Å². The predicted molar refractivity (Wildman–Crippen MR) is 51.9 cm³/mol. The predicted octanol–water partition coefficient (Wildman–Crippen LogP) is 3.22. The summed E-state index contributed by atoms with van der Waals surface area (Å²) in [5.41, 5.74) is 1.29. The number of aliphatic hydroxyl groups excluding tert-OH is 1. The summed E-state index contributed by atoms with van der Waals surface area (Å²) in [6, 6.07) is 0. The first kappa shape index (κ1) is 9.11. The fourth-order valence-corrected chi connectivity index (χ4v) is 1.30. The molecule has 0 aliphatic heterocycles. The summed E-state index contributed by atoms with van der Waals surface area (Å²) in [7, 11) is 0. The van der Waals surface area contributed by atoms with E-state index in [9.17, 15) is 5.11 Å². The van der Waals surface area contributed by atoms with Crippen molar-refractivity contribution in [3.63, 3.8) is 0 Å². The van der Waals surface area contributed by atoms with Gasteiger partial charge in [0.2, 0.25) is 0 Å². The average molecular weight is 164 g/mol. The summed E-state index contributed by atoms with van der Waals surface area (Å²) in [5, 5.41) is 9.30. The van der Waals surface area contributed by atoms with Gasteiger partial charge in [-0.05, 0) is 29.6 Å². The van der Waals surface area contributed by atoms with Crippen LogP contribution in [0, 0.1) is 11.8 Å². The van der Waals surface area contributed by atoms with Crippen LogP contribution >= 0.6 is 0 Å². The highest BCUT2D eigenvalue weighted by molar-refractivity contribution is 5.31. The van der Waals surface area contributed by atoms with Crippen molar-refractivity contribution < 1.29 is 5.11 Å². The smallest absolute Gasteiger partial charge is 0.112 e. The second-order valence-electron chi connectivity index (χ2n) is 3.61. The molecule has 0 saturated carbocycles. The van der Waals surface area contributed by atoms with E-state index in [2.05, 4.69) is 26.8 Å². The maximum absolute atomic E-state index is 9.30. The van der Waals surface area contributed by atoms with E-state index < -0.39 is 0 Å². The van der Waals surface area contributed by atoms with Crippen LogP contribution in [0.3, 0.4) is 0 Å². The standard InChI is InChI=1S/C11H16O/c1-8(2)10-4-5-11(12)7-9(3)6-10/h4-9,12H,1-3H3. The van der Waals surface area contributed by atoms with Crippen LogP contribution in [-0.2, 0) is 0 Å². The van der Waals surface area contributed by atoms with Gasteiger partial charge >= 0.3 is 0 Å². The number of aliphatic hydroxyl groups is 1. The zero-order chi connectivity index (χ0) is 9.14. The zero-order valence-corrected chi connectivity index (χ0v) is 7.91. The maximum atomic E-state index is 9.30. The van der Waals surface area contributed by atoms with Crippen LogP contribution in [0.25, 0.3) is 0 Å². The van der Waals surface area contributed by atoms with Crippen molar-refractivity contribution in [2.24, 2.45) is 11.8 Å². The summed E-state index contributed by atoms with van der Waals surface area (Å²) in [5.74, 6) is 1.23. The molecule has 0 saturated heterocycles. The first-order valence-corrected chi connectivity index (χ1v) is 4.40. The van der Waals surface area contributed by atoms with Gasteiger partial charge in [0.25, 0.3) is 0 Å². The molecule has 1 heteroatoms. The molecule has 0 spiro atoms. The number of hydrogen-bond acceptors (Lipinski definition) is 1. The van der Waals surface area contributed by atoms with Crippen molar-refractivity contribution in [2.45, 2.75) is 20.8 Å². The van der Waals surface area contributed by atoms with Crippen molar-refractivity contribution in [3.05, 3.63) is 35.6 Å². The van der Waals surface area contributed by atoms with Crippen molar-refractivity contribution >= 4 is 0 Å². The molecule has 1 unspecified atom stereocenters. The second kappa shape index (κ2) is 3.61. The molecule has 1 N–H and O–H groups in total. The maximum Gasteiger partial charge on any atom is 0.112 e. The Bertz CT molecular complexity index is 244. The van der Waals surface area contributed by atoms with Crippen LogP contribution in [-0.4, -0.2) is 5.11 Å². The van der Waals surface area contributed by atoms with Crippen molar-refractivity contribution in [1.82, 2.24) is 0 Å². The molecular formula is C11H16O. The van der Waals surface area contributed by atoms with Crippen LogP contribution in [0.5, 0.6) is 0 Å². The SMILES string of the molecule is CC1C=C(O)C=CC(C(C)C)=C1. The minimum Gasteiger partial charge on any atom is -0.508 e. The first-order chi connectivity index (χ1) is 5.59. The third-order valence-corrected chi connectivity index (χ3v) is 2.00. The Balaban J connectivity index is 2.87. The van der Waals surface area contributed by atoms with Gasteiger partial charge in [-0.15, -0.1) is 0 Å². The van der Waals surface area contributed by atoms with Gasteiger partial charge in [0.15, 0.2) is 0 Å². The quantitative estimate of drug-likeness (QED) is 0.631. The van der Waals surface area contributed by atoms with Gasteiger partial charge < -0.3 is 5.11 Å².